The molecule has 1 rings (SSSR count). The highest BCUT2D eigenvalue weighted by molar-refractivity contribution is 5.84. The number of carbonyl (C=O) groups is 2. The Morgan fingerprint density at radius 2 is 1.95 bits per heavy atom. The lowest BCUT2D eigenvalue weighted by Gasteiger charge is -2.16. The van der Waals surface area contributed by atoms with Crippen molar-refractivity contribution in [3.8, 4) is 0 Å². The van der Waals surface area contributed by atoms with Crippen molar-refractivity contribution >= 4 is 12.2 Å². The Labute approximate surface area is 119 Å². The first kappa shape index (κ1) is 16.3. The highest BCUT2D eigenvalue weighted by Crippen LogP contribution is 2.03. The van der Waals surface area contributed by atoms with E-state index in [9.17, 15) is 9.59 Å². The number of unbranched alkanes of at least 4 members (excludes halogenated alkanes) is 1. The zero-order valence-corrected chi connectivity index (χ0v) is 11.6. The zero-order valence-electron chi connectivity index (χ0n) is 11.6. The first-order valence-corrected chi connectivity index (χ1v) is 6.92. The van der Waals surface area contributed by atoms with Gasteiger partial charge in [0.1, 0.15) is 6.29 Å². The van der Waals surface area contributed by atoms with Gasteiger partial charge in [-0.1, -0.05) is 36.8 Å². The van der Waals surface area contributed by atoms with Crippen LogP contribution >= 0.6 is 0 Å². The van der Waals surface area contributed by atoms with Crippen LogP contribution in [-0.2, 0) is 16.0 Å². The largest absolute Gasteiger partial charge is 0.345 e. The van der Waals surface area contributed by atoms with Crippen LogP contribution in [-0.4, -0.2) is 30.8 Å². The quantitative estimate of drug-likeness (QED) is 0.448. The van der Waals surface area contributed by atoms with Gasteiger partial charge in [-0.2, -0.15) is 0 Å². The number of carbonyl (C=O) groups excluding carboxylic acids is 2. The third-order valence-electron chi connectivity index (χ3n) is 3.10. The molecule has 110 valence electrons. The van der Waals surface area contributed by atoms with Crippen LogP contribution in [0.25, 0.3) is 0 Å². The fourth-order valence-corrected chi connectivity index (χ4v) is 1.93. The van der Waals surface area contributed by atoms with E-state index >= 15 is 0 Å². The van der Waals surface area contributed by atoms with E-state index in [-0.39, 0.29) is 5.91 Å². The first-order chi connectivity index (χ1) is 9.67. The average Bonchev–Trinajstić information content (AvgIpc) is 2.47. The van der Waals surface area contributed by atoms with E-state index in [1.165, 1.54) is 0 Å². The fraction of sp³-hybridized carbons (Fsp3) is 0.467. The predicted octanol–water partition coefficient (Wildman–Crippen LogP) is 0.369. The fourth-order valence-electron chi connectivity index (χ4n) is 1.93. The molecule has 5 nitrogen and oxygen atoms in total. The van der Waals surface area contributed by atoms with E-state index in [0.717, 1.165) is 24.7 Å². The highest BCUT2D eigenvalue weighted by Gasteiger charge is 2.17. The van der Waals surface area contributed by atoms with E-state index in [4.69, 9.17) is 11.5 Å². The van der Waals surface area contributed by atoms with E-state index in [1.54, 1.807) is 0 Å². The summed E-state index contributed by atoms with van der Waals surface area (Å²) >= 11 is 0. The molecule has 20 heavy (non-hydrogen) atoms. The molecule has 0 heterocycles. The molecule has 0 bridgehead atoms. The Balaban J connectivity index is 2.43. The van der Waals surface area contributed by atoms with E-state index in [2.05, 4.69) is 5.32 Å². The number of hydrogen-bond donors (Lipinski definition) is 3. The third kappa shape index (κ3) is 5.95. The van der Waals surface area contributed by atoms with Gasteiger partial charge in [-0.3, -0.25) is 4.79 Å². The first-order valence-electron chi connectivity index (χ1n) is 6.92. The van der Waals surface area contributed by atoms with Crippen molar-refractivity contribution in [1.29, 1.82) is 0 Å². The van der Waals surface area contributed by atoms with Gasteiger partial charge in [0.25, 0.3) is 0 Å². The van der Waals surface area contributed by atoms with Gasteiger partial charge in [-0.25, -0.2) is 0 Å². The van der Waals surface area contributed by atoms with Gasteiger partial charge in [0, 0.05) is 0 Å². The van der Waals surface area contributed by atoms with Crippen molar-refractivity contribution in [3.05, 3.63) is 35.9 Å². The lowest BCUT2D eigenvalue weighted by atomic mass is 10.1. The molecular weight excluding hydrogens is 254 g/mol. The second-order valence-corrected chi connectivity index (χ2v) is 4.83. The highest BCUT2D eigenvalue weighted by atomic mass is 16.2. The van der Waals surface area contributed by atoms with Gasteiger partial charge in [-0.15, -0.1) is 0 Å². The predicted molar refractivity (Wildman–Crippen MR) is 79.0 cm³/mol. The maximum absolute atomic E-state index is 11.9. The van der Waals surface area contributed by atoms with Crippen molar-refractivity contribution in [1.82, 2.24) is 5.32 Å². The molecular formula is C15H23N3O2. The summed E-state index contributed by atoms with van der Waals surface area (Å²) in [6.45, 7) is 0.597. The van der Waals surface area contributed by atoms with Crippen LogP contribution in [0.1, 0.15) is 24.8 Å². The Hall–Kier alpha value is -1.72. The van der Waals surface area contributed by atoms with Gasteiger partial charge < -0.3 is 21.6 Å². The Morgan fingerprint density at radius 1 is 1.25 bits per heavy atom. The minimum absolute atomic E-state index is 0.282. The second-order valence-electron chi connectivity index (χ2n) is 4.83. The number of amides is 1. The zero-order chi connectivity index (χ0) is 14.8. The SMILES string of the molecule is NCCCC[C@H](N)C(=O)N[C@H](C=O)Cc1ccccc1. The Bertz CT molecular complexity index is 409. The summed E-state index contributed by atoms with van der Waals surface area (Å²) in [5.41, 5.74) is 12.2. The molecule has 0 aliphatic carbocycles. The molecule has 0 spiro atoms. The number of rotatable bonds is 9. The van der Waals surface area contributed by atoms with Gasteiger partial charge >= 0.3 is 0 Å². The van der Waals surface area contributed by atoms with Gasteiger partial charge in [-0.05, 0) is 31.4 Å². The van der Waals surface area contributed by atoms with Crippen LogP contribution in [0.4, 0.5) is 0 Å². The number of benzene rings is 1. The summed E-state index contributed by atoms with van der Waals surface area (Å²) in [6, 6.07) is 8.43. The van der Waals surface area contributed by atoms with Crippen molar-refractivity contribution < 1.29 is 9.59 Å². The molecule has 0 saturated carbocycles. The van der Waals surface area contributed by atoms with Crippen molar-refractivity contribution in [2.45, 2.75) is 37.8 Å². The molecule has 2 atom stereocenters. The minimum atomic E-state index is -0.584. The molecule has 0 unspecified atom stereocenters. The standard InChI is InChI=1S/C15H23N3O2/c16-9-5-4-8-14(17)15(20)18-13(11-19)10-12-6-2-1-3-7-12/h1-3,6-7,11,13-14H,4-5,8-10,16-17H2,(H,18,20)/t13-,14-/m0/s1. The molecule has 0 aliphatic heterocycles. The summed E-state index contributed by atoms with van der Waals surface area (Å²) in [5.74, 6) is -0.282. The molecule has 1 aromatic carbocycles. The molecule has 1 aromatic rings. The minimum Gasteiger partial charge on any atom is -0.345 e. The van der Waals surface area contributed by atoms with Crippen LogP contribution in [0.5, 0.6) is 0 Å². The second kappa shape index (κ2) is 9.23. The molecule has 0 aromatic heterocycles. The monoisotopic (exact) mass is 277 g/mol. The third-order valence-corrected chi connectivity index (χ3v) is 3.10. The maximum Gasteiger partial charge on any atom is 0.237 e. The van der Waals surface area contributed by atoms with Gasteiger partial charge in [0.15, 0.2) is 0 Å². The maximum atomic E-state index is 11.9. The van der Waals surface area contributed by atoms with Gasteiger partial charge in [0.05, 0.1) is 12.1 Å². The van der Waals surface area contributed by atoms with E-state index < -0.39 is 12.1 Å². The van der Waals surface area contributed by atoms with Crippen LogP contribution < -0.4 is 16.8 Å². The Morgan fingerprint density at radius 3 is 2.55 bits per heavy atom. The molecule has 0 aliphatic rings. The summed E-state index contributed by atoms with van der Waals surface area (Å²) in [4.78, 5) is 22.9. The number of aldehydes is 1. The van der Waals surface area contributed by atoms with Crippen LogP contribution in [0.15, 0.2) is 30.3 Å². The molecule has 5 N–H and O–H groups in total. The number of nitrogens with two attached hydrogens (primary N) is 2. The summed E-state index contributed by atoms with van der Waals surface area (Å²) in [7, 11) is 0. The van der Waals surface area contributed by atoms with Crippen LogP contribution in [0.2, 0.25) is 0 Å². The summed E-state index contributed by atoms with van der Waals surface area (Å²) in [5, 5.41) is 2.68. The molecule has 0 saturated heterocycles. The van der Waals surface area contributed by atoms with Crippen LogP contribution in [0, 0.1) is 0 Å². The molecule has 1 amide bonds. The lowest BCUT2D eigenvalue weighted by Crippen LogP contribution is -2.46. The van der Waals surface area contributed by atoms with Crippen molar-refractivity contribution in [2.75, 3.05) is 6.54 Å². The number of nitrogens with one attached hydrogen (secondary N) is 1. The molecule has 0 radical (unpaired) electrons. The summed E-state index contributed by atoms with van der Waals surface area (Å²) in [6.07, 6.45) is 3.47. The lowest BCUT2D eigenvalue weighted by molar-refractivity contribution is -0.125. The summed E-state index contributed by atoms with van der Waals surface area (Å²) < 4.78 is 0. The van der Waals surface area contributed by atoms with Gasteiger partial charge in [0.2, 0.25) is 5.91 Å². The topological polar surface area (TPSA) is 98.2 Å². The normalized spacial score (nSPS) is 13.5. The average molecular weight is 277 g/mol. The van der Waals surface area contributed by atoms with Crippen LogP contribution in [0.3, 0.4) is 0 Å². The molecule has 0 fully saturated rings. The van der Waals surface area contributed by atoms with E-state index in [0.29, 0.717) is 19.4 Å². The van der Waals surface area contributed by atoms with Crippen molar-refractivity contribution in [3.63, 3.8) is 0 Å². The Kier molecular flexibility index (Phi) is 7.54. The van der Waals surface area contributed by atoms with Crippen molar-refractivity contribution in [2.24, 2.45) is 11.5 Å². The molecule has 5 heteroatoms. The smallest absolute Gasteiger partial charge is 0.237 e. The van der Waals surface area contributed by atoms with E-state index in [1.807, 2.05) is 30.3 Å². The number of hydrogen-bond acceptors (Lipinski definition) is 4.